The number of amides is 2. The van der Waals surface area contributed by atoms with Gasteiger partial charge in [0.25, 0.3) is 0 Å². The molecule has 2 aromatic rings. The van der Waals surface area contributed by atoms with E-state index in [0.717, 1.165) is 0 Å². The van der Waals surface area contributed by atoms with E-state index < -0.39 is 11.8 Å². The normalized spacial score (nSPS) is 10.0. The van der Waals surface area contributed by atoms with Crippen molar-refractivity contribution < 1.29 is 19.5 Å². The SMILES string of the molecule is CC(=O)c1cccc(NC(=O)C(=O)Nc2ccc(O)cc2C)c1. The van der Waals surface area contributed by atoms with E-state index in [0.29, 0.717) is 22.5 Å². The number of carbonyl (C=O) groups excluding carboxylic acids is 3. The zero-order valence-electron chi connectivity index (χ0n) is 12.7. The number of hydrogen-bond donors (Lipinski definition) is 3. The van der Waals surface area contributed by atoms with Crippen molar-refractivity contribution in [2.45, 2.75) is 13.8 Å². The molecule has 0 unspecified atom stereocenters. The third kappa shape index (κ3) is 4.16. The summed E-state index contributed by atoms with van der Waals surface area (Å²) in [6, 6.07) is 10.7. The van der Waals surface area contributed by atoms with E-state index in [1.54, 1.807) is 25.1 Å². The number of carbonyl (C=O) groups is 3. The number of aromatic hydroxyl groups is 1. The molecule has 0 aliphatic carbocycles. The van der Waals surface area contributed by atoms with Crippen molar-refractivity contribution in [3.8, 4) is 5.75 Å². The molecule has 23 heavy (non-hydrogen) atoms. The van der Waals surface area contributed by atoms with Crippen molar-refractivity contribution in [3.63, 3.8) is 0 Å². The fourth-order valence-electron chi connectivity index (χ4n) is 1.97. The molecule has 6 heteroatoms. The summed E-state index contributed by atoms with van der Waals surface area (Å²) in [6.07, 6.45) is 0. The molecule has 0 aromatic heterocycles. The Balaban J connectivity index is 2.07. The predicted octanol–water partition coefficient (Wildman–Crippen LogP) is 2.48. The maximum Gasteiger partial charge on any atom is 0.314 e. The molecular weight excluding hydrogens is 296 g/mol. The van der Waals surface area contributed by atoms with E-state index in [4.69, 9.17) is 0 Å². The lowest BCUT2D eigenvalue weighted by molar-refractivity contribution is -0.133. The summed E-state index contributed by atoms with van der Waals surface area (Å²) in [5.41, 5.74) is 1.86. The van der Waals surface area contributed by atoms with Gasteiger partial charge in [-0.1, -0.05) is 12.1 Å². The van der Waals surface area contributed by atoms with Gasteiger partial charge in [0.1, 0.15) is 5.75 Å². The van der Waals surface area contributed by atoms with Crippen molar-refractivity contribution in [3.05, 3.63) is 53.6 Å². The maximum atomic E-state index is 11.9. The standard InChI is InChI=1S/C17H16N2O4/c1-10-8-14(21)6-7-15(10)19-17(23)16(22)18-13-5-3-4-12(9-13)11(2)20/h3-9,21H,1-2H3,(H,18,22)(H,19,23). The molecule has 2 rings (SSSR count). The van der Waals surface area contributed by atoms with Gasteiger partial charge in [0.05, 0.1) is 0 Å². The molecule has 6 nitrogen and oxygen atoms in total. The van der Waals surface area contributed by atoms with Crippen molar-refractivity contribution in [1.29, 1.82) is 0 Å². The molecule has 3 N–H and O–H groups in total. The van der Waals surface area contributed by atoms with Crippen molar-refractivity contribution in [2.24, 2.45) is 0 Å². The second-order valence-corrected chi connectivity index (χ2v) is 5.04. The summed E-state index contributed by atoms with van der Waals surface area (Å²) in [5.74, 6) is -1.75. The number of hydrogen-bond acceptors (Lipinski definition) is 4. The molecule has 0 saturated heterocycles. The van der Waals surface area contributed by atoms with Crippen molar-refractivity contribution >= 4 is 29.0 Å². The van der Waals surface area contributed by atoms with Crippen LogP contribution in [0, 0.1) is 6.92 Å². The molecule has 0 bridgehead atoms. The summed E-state index contributed by atoms with van der Waals surface area (Å²) in [7, 11) is 0. The van der Waals surface area contributed by atoms with Gasteiger partial charge in [0.15, 0.2) is 5.78 Å². The van der Waals surface area contributed by atoms with Crippen LogP contribution in [0.1, 0.15) is 22.8 Å². The summed E-state index contributed by atoms with van der Waals surface area (Å²) < 4.78 is 0. The van der Waals surface area contributed by atoms with Crippen LogP contribution in [-0.4, -0.2) is 22.7 Å². The van der Waals surface area contributed by atoms with E-state index >= 15 is 0 Å². The monoisotopic (exact) mass is 312 g/mol. The molecule has 0 aliphatic rings. The molecule has 0 saturated carbocycles. The Morgan fingerprint density at radius 3 is 2.30 bits per heavy atom. The van der Waals surface area contributed by atoms with Gasteiger partial charge in [-0.25, -0.2) is 0 Å². The van der Waals surface area contributed by atoms with Crippen molar-refractivity contribution in [1.82, 2.24) is 0 Å². The Kier molecular flexibility index (Phi) is 4.75. The lowest BCUT2D eigenvalue weighted by Gasteiger charge is -2.09. The number of rotatable bonds is 3. The summed E-state index contributed by atoms with van der Waals surface area (Å²) in [6.45, 7) is 3.12. The first-order chi connectivity index (χ1) is 10.9. The van der Waals surface area contributed by atoms with E-state index in [2.05, 4.69) is 10.6 Å². The van der Waals surface area contributed by atoms with E-state index in [1.165, 1.54) is 31.2 Å². The van der Waals surface area contributed by atoms with Crippen LogP contribution in [0.15, 0.2) is 42.5 Å². The fourth-order valence-corrected chi connectivity index (χ4v) is 1.97. The van der Waals surface area contributed by atoms with E-state index in [9.17, 15) is 19.5 Å². The van der Waals surface area contributed by atoms with Crippen LogP contribution in [0.3, 0.4) is 0 Å². The Morgan fingerprint density at radius 2 is 1.65 bits per heavy atom. The molecule has 2 aromatic carbocycles. The topological polar surface area (TPSA) is 95.5 Å². The molecule has 118 valence electrons. The number of Topliss-reactive ketones (excluding diaryl/α,β-unsaturated/α-hetero) is 1. The van der Waals surface area contributed by atoms with Crippen LogP contribution in [0.4, 0.5) is 11.4 Å². The molecule has 0 fully saturated rings. The average molecular weight is 312 g/mol. The number of nitrogens with one attached hydrogen (secondary N) is 2. The lowest BCUT2D eigenvalue weighted by atomic mass is 10.1. The fraction of sp³-hybridized carbons (Fsp3) is 0.118. The number of anilines is 2. The number of benzene rings is 2. The highest BCUT2D eigenvalue weighted by molar-refractivity contribution is 6.43. The third-order valence-corrected chi connectivity index (χ3v) is 3.19. The molecule has 0 heterocycles. The molecule has 0 radical (unpaired) electrons. The second-order valence-electron chi connectivity index (χ2n) is 5.04. The molecular formula is C17H16N2O4. The summed E-state index contributed by atoms with van der Waals surface area (Å²) in [5, 5.41) is 14.2. The molecule has 0 aliphatic heterocycles. The Labute approximate surface area is 133 Å². The number of ketones is 1. The van der Waals surface area contributed by atoms with Crippen LogP contribution in [-0.2, 0) is 9.59 Å². The van der Waals surface area contributed by atoms with Gasteiger partial charge >= 0.3 is 11.8 Å². The zero-order valence-corrected chi connectivity index (χ0v) is 12.7. The van der Waals surface area contributed by atoms with Crippen LogP contribution < -0.4 is 10.6 Å². The van der Waals surface area contributed by atoms with E-state index in [-0.39, 0.29) is 11.5 Å². The minimum atomic E-state index is -0.849. The Morgan fingerprint density at radius 1 is 0.957 bits per heavy atom. The van der Waals surface area contributed by atoms with Gasteiger partial charge in [0.2, 0.25) is 0 Å². The van der Waals surface area contributed by atoms with Gasteiger partial charge in [-0.15, -0.1) is 0 Å². The van der Waals surface area contributed by atoms with Crippen molar-refractivity contribution in [2.75, 3.05) is 10.6 Å². The third-order valence-electron chi connectivity index (χ3n) is 3.19. The Bertz CT molecular complexity index is 784. The molecule has 2 amide bonds. The highest BCUT2D eigenvalue weighted by atomic mass is 16.3. The van der Waals surface area contributed by atoms with E-state index in [1.807, 2.05) is 0 Å². The summed E-state index contributed by atoms with van der Waals surface area (Å²) >= 11 is 0. The maximum absolute atomic E-state index is 11.9. The minimum Gasteiger partial charge on any atom is -0.508 e. The second kappa shape index (κ2) is 6.74. The minimum absolute atomic E-state index is 0.0750. The van der Waals surface area contributed by atoms with Gasteiger partial charge in [-0.2, -0.15) is 0 Å². The Hall–Kier alpha value is -3.15. The average Bonchev–Trinajstić information content (AvgIpc) is 2.50. The first kappa shape index (κ1) is 16.2. The van der Waals surface area contributed by atoms with Gasteiger partial charge in [0, 0.05) is 16.9 Å². The number of phenolic OH excluding ortho intramolecular Hbond substituents is 1. The molecule has 0 atom stereocenters. The highest BCUT2D eigenvalue weighted by Gasteiger charge is 2.15. The van der Waals surface area contributed by atoms with Gasteiger partial charge < -0.3 is 15.7 Å². The van der Waals surface area contributed by atoms with Crippen LogP contribution in [0.2, 0.25) is 0 Å². The number of phenols is 1. The van der Waals surface area contributed by atoms with Gasteiger partial charge in [-0.3, -0.25) is 14.4 Å². The van der Waals surface area contributed by atoms with Gasteiger partial charge in [-0.05, 0) is 49.7 Å². The van der Waals surface area contributed by atoms with Crippen LogP contribution in [0.5, 0.6) is 5.75 Å². The van der Waals surface area contributed by atoms with Crippen LogP contribution >= 0.6 is 0 Å². The first-order valence-corrected chi connectivity index (χ1v) is 6.90. The first-order valence-electron chi connectivity index (χ1n) is 6.90. The smallest absolute Gasteiger partial charge is 0.314 e. The lowest BCUT2D eigenvalue weighted by Crippen LogP contribution is -2.29. The predicted molar refractivity (Wildman–Crippen MR) is 86.5 cm³/mol. The largest absolute Gasteiger partial charge is 0.508 e. The quantitative estimate of drug-likeness (QED) is 0.461. The zero-order chi connectivity index (χ0) is 17.0. The molecule has 0 spiro atoms. The highest BCUT2D eigenvalue weighted by Crippen LogP contribution is 2.20. The number of aryl methyl sites for hydroxylation is 1. The van der Waals surface area contributed by atoms with Crippen LogP contribution in [0.25, 0.3) is 0 Å². The summed E-state index contributed by atoms with van der Waals surface area (Å²) in [4.78, 5) is 35.1.